The van der Waals surface area contributed by atoms with Gasteiger partial charge in [0.1, 0.15) is 18.3 Å². The van der Waals surface area contributed by atoms with Gasteiger partial charge in [-0.1, -0.05) is 23.4 Å². The first-order valence-electron chi connectivity index (χ1n) is 8.27. The van der Waals surface area contributed by atoms with Gasteiger partial charge in [-0.05, 0) is 24.3 Å². The number of nitrogens with zero attached hydrogens (tertiary/aromatic N) is 6. The molecular formula is C18H15N7O2. The highest BCUT2D eigenvalue weighted by Gasteiger charge is 2.14. The van der Waals surface area contributed by atoms with E-state index in [0.717, 1.165) is 0 Å². The van der Waals surface area contributed by atoms with Gasteiger partial charge in [0.2, 0.25) is 11.7 Å². The van der Waals surface area contributed by atoms with Gasteiger partial charge in [0, 0.05) is 19.2 Å². The van der Waals surface area contributed by atoms with Crippen molar-refractivity contribution in [2.45, 2.75) is 6.42 Å². The topological polar surface area (TPSA) is 112 Å². The van der Waals surface area contributed by atoms with Gasteiger partial charge >= 0.3 is 0 Å². The van der Waals surface area contributed by atoms with Crippen molar-refractivity contribution < 1.29 is 9.32 Å². The zero-order valence-corrected chi connectivity index (χ0v) is 14.2. The Hall–Kier alpha value is -3.88. The maximum atomic E-state index is 12.5. The van der Waals surface area contributed by atoms with Crippen LogP contribution in [0.15, 0.2) is 65.8 Å². The molecule has 0 aliphatic carbocycles. The summed E-state index contributed by atoms with van der Waals surface area (Å²) in [5.41, 5.74) is 1.80. The number of amides is 1. The molecule has 0 fully saturated rings. The van der Waals surface area contributed by atoms with E-state index in [2.05, 4.69) is 30.5 Å². The zero-order valence-electron chi connectivity index (χ0n) is 14.2. The summed E-state index contributed by atoms with van der Waals surface area (Å²) in [7, 11) is 0. The second-order valence-electron chi connectivity index (χ2n) is 5.59. The Kier molecular flexibility index (Phi) is 4.64. The monoisotopic (exact) mass is 361 g/mol. The standard InChI is InChI=1S/C18H15N7O2/c26-18(13-5-1-2-7-15(13)25-12-19-11-22-25)21-10-8-16-23-17(24-27-16)14-6-3-4-9-20-14/h1-7,9,11-12H,8,10H2,(H,21,26). The van der Waals surface area contributed by atoms with E-state index in [-0.39, 0.29) is 5.91 Å². The fourth-order valence-corrected chi connectivity index (χ4v) is 2.53. The Labute approximate surface area is 154 Å². The van der Waals surface area contributed by atoms with Crippen LogP contribution in [0, 0.1) is 0 Å². The molecule has 0 saturated carbocycles. The lowest BCUT2D eigenvalue weighted by atomic mass is 10.1. The number of rotatable bonds is 6. The van der Waals surface area contributed by atoms with Gasteiger partial charge in [-0.25, -0.2) is 9.67 Å². The Morgan fingerprint density at radius 3 is 2.85 bits per heavy atom. The van der Waals surface area contributed by atoms with E-state index in [4.69, 9.17) is 4.52 Å². The van der Waals surface area contributed by atoms with Crippen molar-refractivity contribution in [1.29, 1.82) is 0 Å². The van der Waals surface area contributed by atoms with Crippen molar-refractivity contribution in [1.82, 2.24) is 35.2 Å². The van der Waals surface area contributed by atoms with E-state index < -0.39 is 0 Å². The van der Waals surface area contributed by atoms with Gasteiger partial charge < -0.3 is 9.84 Å². The lowest BCUT2D eigenvalue weighted by Gasteiger charge is -2.09. The molecule has 3 aromatic heterocycles. The van der Waals surface area contributed by atoms with Crippen molar-refractivity contribution in [3.63, 3.8) is 0 Å². The van der Waals surface area contributed by atoms with Gasteiger partial charge in [-0.15, -0.1) is 0 Å². The fraction of sp³-hybridized carbons (Fsp3) is 0.111. The summed E-state index contributed by atoms with van der Waals surface area (Å²) in [5.74, 6) is 0.638. The molecule has 0 bridgehead atoms. The first kappa shape index (κ1) is 16.6. The summed E-state index contributed by atoms with van der Waals surface area (Å²) in [6, 6.07) is 12.6. The predicted molar refractivity (Wildman–Crippen MR) is 94.9 cm³/mol. The van der Waals surface area contributed by atoms with Gasteiger partial charge in [0.05, 0.1) is 11.3 Å². The Morgan fingerprint density at radius 1 is 1.15 bits per heavy atom. The number of aromatic nitrogens is 6. The molecule has 0 aliphatic rings. The maximum absolute atomic E-state index is 12.5. The second-order valence-corrected chi connectivity index (χ2v) is 5.59. The van der Waals surface area contributed by atoms with Crippen LogP contribution in [-0.4, -0.2) is 42.3 Å². The number of nitrogens with one attached hydrogen (secondary N) is 1. The molecule has 0 atom stereocenters. The van der Waals surface area contributed by atoms with Crippen LogP contribution in [0.1, 0.15) is 16.2 Å². The summed E-state index contributed by atoms with van der Waals surface area (Å²) in [5, 5.41) is 10.8. The highest BCUT2D eigenvalue weighted by atomic mass is 16.5. The van der Waals surface area contributed by atoms with E-state index in [1.165, 1.54) is 6.33 Å². The number of para-hydroxylation sites is 1. The number of hydrogen-bond donors (Lipinski definition) is 1. The Morgan fingerprint density at radius 2 is 2.04 bits per heavy atom. The molecule has 0 spiro atoms. The number of pyridine rings is 1. The second kappa shape index (κ2) is 7.56. The van der Waals surface area contributed by atoms with Crippen molar-refractivity contribution in [2.24, 2.45) is 0 Å². The minimum atomic E-state index is -0.217. The molecule has 0 saturated heterocycles. The van der Waals surface area contributed by atoms with Crippen LogP contribution < -0.4 is 5.32 Å². The number of carbonyl (C=O) groups is 1. The number of carbonyl (C=O) groups excluding carboxylic acids is 1. The average Bonchev–Trinajstić information content (AvgIpc) is 3.41. The summed E-state index contributed by atoms with van der Waals surface area (Å²) in [4.78, 5) is 24.9. The zero-order chi connectivity index (χ0) is 18.5. The lowest BCUT2D eigenvalue weighted by Crippen LogP contribution is -2.27. The van der Waals surface area contributed by atoms with Crippen molar-refractivity contribution in [3.05, 3.63) is 72.8 Å². The molecule has 1 amide bonds. The van der Waals surface area contributed by atoms with Crippen molar-refractivity contribution in [2.75, 3.05) is 6.54 Å². The highest BCUT2D eigenvalue weighted by molar-refractivity contribution is 5.97. The predicted octanol–water partition coefficient (Wildman–Crippen LogP) is 1.68. The van der Waals surface area contributed by atoms with E-state index >= 15 is 0 Å². The molecule has 1 aromatic carbocycles. The molecule has 4 aromatic rings. The van der Waals surface area contributed by atoms with Crippen molar-refractivity contribution >= 4 is 5.91 Å². The average molecular weight is 361 g/mol. The molecule has 0 unspecified atom stereocenters. The molecule has 27 heavy (non-hydrogen) atoms. The highest BCUT2D eigenvalue weighted by Crippen LogP contribution is 2.14. The third-order valence-corrected chi connectivity index (χ3v) is 3.80. The SMILES string of the molecule is O=C(NCCc1nc(-c2ccccn2)no1)c1ccccc1-n1cncn1. The third-order valence-electron chi connectivity index (χ3n) is 3.80. The fourth-order valence-electron chi connectivity index (χ4n) is 2.53. The van der Waals surface area contributed by atoms with E-state index in [9.17, 15) is 4.79 Å². The summed E-state index contributed by atoms with van der Waals surface area (Å²) in [6.07, 6.45) is 5.04. The van der Waals surface area contributed by atoms with Crippen LogP contribution in [0.25, 0.3) is 17.2 Å². The van der Waals surface area contributed by atoms with E-state index in [1.807, 2.05) is 18.2 Å². The van der Waals surface area contributed by atoms with Crippen LogP contribution >= 0.6 is 0 Å². The lowest BCUT2D eigenvalue weighted by molar-refractivity contribution is 0.0953. The third kappa shape index (κ3) is 3.71. The number of benzene rings is 1. The molecule has 4 rings (SSSR count). The van der Waals surface area contributed by atoms with Crippen molar-refractivity contribution in [3.8, 4) is 17.2 Å². The summed E-state index contributed by atoms with van der Waals surface area (Å²) in [6.45, 7) is 0.356. The van der Waals surface area contributed by atoms with Crippen LogP contribution in [0.4, 0.5) is 0 Å². The van der Waals surface area contributed by atoms with Crippen LogP contribution in [0.5, 0.6) is 0 Å². The molecule has 3 heterocycles. The molecular weight excluding hydrogens is 346 g/mol. The quantitative estimate of drug-likeness (QED) is 0.556. The molecule has 1 N–H and O–H groups in total. The smallest absolute Gasteiger partial charge is 0.253 e. The van der Waals surface area contributed by atoms with Gasteiger partial charge in [0.25, 0.3) is 5.91 Å². The van der Waals surface area contributed by atoms with Crippen LogP contribution in [0.3, 0.4) is 0 Å². The largest absolute Gasteiger partial charge is 0.351 e. The van der Waals surface area contributed by atoms with Gasteiger partial charge in [0.15, 0.2) is 0 Å². The first-order chi connectivity index (χ1) is 13.3. The molecule has 0 aliphatic heterocycles. The van der Waals surface area contributed by atoms with E-state index in [1.54, 1.807) is 41.5 Å². The maximum Gasteiger partial charge on any atom is 0.253 e. The molecule has 0 radical (unpaired) electrons. The first-order valence-corrected chi connectivity index (χ1v) is 8.27. The van der Waals surface area contributed by atoms with E-state index in [0.29, 0.717) is 41.6 Å². The minimum absolute atomic E-state index is 0.217. The molecule has 134 valence electrons. The normalized spacial score (nSPS) is 10.7. The summed E-state index contributed by atoms with van der Waals surface area (Å²) < 4.78 is 6.76. The van der Waals surface area contributed by atoms with Gasteiger partial charge in [-0.3, -0.25) is 9.78 Å². The summed E-state index contributed by atoms with van der Waals surface area (Å²) >= 11 is 0. The molecule has 9 heteroatoms. The molecule has 9 nitrogen and oxygen atoms in total. The Balaban J connectivity index is 1.39. The van der Waals surface area contributed by atoms with Crippen LogP contribution in [0.2, 0.25) is 0 Å². The van der Waals surface area contributed by atoms with Crippen LogP contribution in [-0.2, 0) is 6.42 Å². The Bertz CT molecular complexity index is 1030. The minimum Gasteiger partial charge on any atom is -0.351 e. The number of hydrogen-bond acceptors (Lipinski definition) is 7. The van der Waals surface area contributed by atoms with Gasteiger partial charge in [-0.2, -0.15) is 10.1 Å².